The SMILES string of the molecule is CC1(Nc2ccccc2C#N)CCNC1. The smallest absolute Gasteiger partial charge is 0.101 e. The molecule has 0 aromatic heterocycles. The summed E-state index contributed by atoms with van der Waals surface area (Å²) in [7, 11) is 0. The topological polar surface area (TPSA) is 47.9 Å². The fourth-order valence-electron chi connectivity index (χ4n) is 1.94. The standard InChI is InChI=1S/C12H15N3/c1-12(6-7-14-9-12)15-11-5-3-2-4-10(11)8-13/h2-5,14-15H,6-7,9H2,1H3. The number of hydrogen-bond acceptors (Lipinski definition) is 3. The molecule has 15 heavy (non-hydrogen) atoms. The minimum absolute atomic E-state index is 0.0763. The van der Waals surface area contributed by atoms with Crippen molar-refractivity contribution in [3.63, 3.8) is 0 Å². The van der Waals surface area contributed by atoms with Crippen LogP contribution >= 0.6 is 0 Å². The van der Waals surface area contributed by atoms with Crippen molar-refractivity contribution in [2.24, 2.45) is 0 Å². The van der Waals surface area contributed by atoms with Gasteiger partial charge in [0, 0.05) is 12.1 Å². The van der Waals surface area contributed by atoms with Crippen LogP contribution in [-0.2, 0) is 0 Å². The Morgan fingerprint density at radius 2 is 2.27 bits per heavy atom. The molecule has 1 fully saturated rings. The van der Waals surface area contributed by atoms with Crippen LogP contribution in [0.25, 0.3) is 0 Å². The van der Waals surface area contributed by atoms with Crippen LogP contribution in [0.5, 0.6) is 0 Å². The highest BCUT2D eigenvalue weighted by Gasteiger charge is 2.28. The van der Waals surface area contributed by atoms with E-state index in [1.165, 1.54) is 0 Å². The average molecular weight is 201 g/mol. The summed E-state index contributed by atoms with van der Waals surface area (Å²) in [6, 6.07) is 9.85. The second-order valence-electron chi connectivity index (χ2n) is 4.27. The highest BCUT2D eigenvalue weighted by Crippen LogP contribution is 2.23. The molecule has 1 aliphatic heterocycles. The van der Waals surface area contributed by atoms with Crippen LogP contribution in [0.4, 0.5) is 5.69 Å². The molecular weight excluding hydrogens is 186 g/mol. The summed E-state index contributed by atoms with van der Waals surface area (Å²) < 4.78 is 0. The van der Waals surface area contributed by atoms with Gasteiger partial charge in [0.1, 0.15) is 6.07 Å². The second kappa shape index (κ2) is 3.92. The zero-order valence-corrected chi connectivity index (χ0v) is 8.88. The van der Waals surface area contributed by atoms with Gasteiger partial charge in [-0.3, -0.25) is 0 Å². The molecule has 0 saturated carbocycles. The molecule has 1 aromatic carbocycles. The molecule has 0 radical (unpaired) electrons. The van der Waals surface area contributed by atoms with E-state index in [-0.39, 0.29) is 5.54 Å². The lowest BCUT2D eigenvalue weighted by atomic mass is 10.0. The summed E-state index contributed by atoms with van der Waals surface area (Å²) in [6.07, 6.45) is 1.09. The van der Waals surface area contributed by atoms with Crippen LogP contribution < -0.4 is 10.6 Å². The first-order valence-corrected chi connectivity index (χ1v) is 5.22. The molecule has 1 heterocycles. The third-order valence-electron chi connectivity index (χ3n) is 2.85. The molecule has 0 spiro atoms. The van der Waals surface area contributed by atoms with Crippen molar-refractivity contribution >= 4 is 5.69 Å². The van der Waals surface area contributed by atoms with Crippen LogP contribution in [0.3, 0.4) is 0 Å². The number of nitrogens with zero attached hydrogens (tertiary/aromatic N) is 1. The van der Waals surface area contributed by atoms with Gasteiger partial charge in [-0.05, 0) is 32.0 Å². The number of nitrogens with one attached hydrogen (secondary N) is 2. The molecule has 78 valence electrons. The second-order valence-corrected chi connectivity index (χ2v) is 4.27. The van der Waals surface area contributed by atoms with E-state index < -0.39 is 0 Å². The molecule has 2 N–H and O–H groups in total. The maximum absolute atomic E-state index is 8.97. The molecule has 1 unspecified atom stereocenters. The van der Waals surface area contributed by atoms with E-state index in [0.29, 0.717) is 5.56 Å². The summed E-state index contributed by atoms with van der Waals surface area (Å²) in [5.41, 5.74) is 1.73. The van der Waals surface area contributed by atoms with E-state index >= 15 is 0 Å². The number of rotatable bonds is 2. The Labute approximate surface area is 90.1 Å². The first-order valence-electron chi connectivity index (χ1n) is 5.22. The van der Waals surface area contributed by atoms with Gasteiger partial charge in [-0.2, -0.15) is 5.26 Å². The van der Waals surface area contributed by atoms with Gasteiger partial charge < -0.3 is 10.6 Å². The number of para-hydroxylation sites is 1. The van der Waals surface area contributed by atoms with Gasteiger partial charge in [-0.15, -0.1) is 0 Å². The van der Waals surface area contributed by atoms with Crippen molar-refractivity contribution in [2.45, 2.75) is 18.9 Å². The summed E-state index contributed by atoms with van der Waals surface area (Å²) in [6.45, 7) is 4.17. The fraction of sp³-hybridized carbons (Fsp3) is 0.417. The maximum atomic E-state index is 8.97. The summed E-state index contributed by atoms with van der Waals surface area (Å²) in [5.74, 6) is 0. The minimum atomic E-state index is 0.0763. The van der Waals surface area contributed by atoms with Crippen molar-refractivity contribution in [1.82, 2.24) is 5.32 Å². The summed E-state index contributed by atoms with van der Waals surface area (Å²) in [4.78, 5) is 0. The molecular formula is C12H15N3. The van der Waals surface area contributed by atoms with Gasteiger partial charge in [0.15, 0.2) is 0 Å². The van der Waals surface area contributed by atoms with Crippen LogP contribution in [0.15, 0.2) is 24.3 Å². The zero-order chi connectivity index (χ0) is 10.7. The Bertz CT molecular complexity index is 386. The fourth-order valence-corrected chi connectivity index (χ4v) is 1.94. The third-order valence-corrected chi connectivity index (χ3v) is 2.85. The van der Waals surface area contributed by atoms with Gasteiger partial charge in [-0.1, -0.05) is 12.1 Å². The van der Waals surface area contributed by atoms with Gasteiger partial charge in [0.2, 0.25) is 0 Å². The van der Waals surface area contributed by atoms with E-state index in [9.17, 15) is 0 Å². The number of benzene rings is 1. The van der Waals surface area contributed by atoms with Gasteiger partial charge >= 0.3 is 0 Å². The lowest BCUT2D eigenvalue weighted by Gasteiger charge is -2.26. The molecule has 3 nitrogen and oxygen atoms in total. The first-order chi connectivity index (χ1) is 7.23. The Kier molecular flexibility index (Phi) is 2.61. The quantitative estimate of drug-likeness (QED) is 0.766. The van der Waals surface area contributed by atoms with Crippen LogP contribution in [-0.4, -0.2) is 18.6 Å². The minimum Gasteiger partial charge on any atom is -0.377 e. The highest BCUT2D eigenvalue weighted by molar-refractivity contribution is 5.58. The molecule has 1 aliphatic rings. The van der Waals surface area contributed by atoms with Crippen molar-refractivity contribution in [1.29, 1.82) is 5.26 Å². The van der Waals surface area contributed by atoms with Crippen molar-refractivity contribution in [2.75, 3.05) is 18.4 Å². The van der Waals surface area contributed by atoms with E-state index in [4.69, 9.17) is 5.26 Å². The Morgan fingerprint density at radius 1 is 1.47 bits per heavy atom. The van der Waals surface area contributed by atoms with Gasteiger partial charge in [0.05, 0.1) is 11.3 Å². The Balaban J connectivity index is 2.20. The number of hydrogen-bond donors (Lipinski definition) is 2. The predicted octanol–water partition coefficient (Wildman–Crippen LogP) is 1.72. The van der Waals surface area contributed by atoms with Crippen molar-refractivity contribution in [3.05, 3.63) is 29.8 Å². The third kappa shape index (κ3) is 2.11. The van der Waals surface area contributed by atoms with Crippen LogP contribution in [0.1, 0.15) is 18.9 Å². The molecule has 0 aliphatic carbocycles. The summed E-state index contributed by atoms with van der Waals surface area (Å²) in [5, 5.41) is 15.7. The van der Waals surface area contributed by atoms with Crippen LogP contribution in [0, 0.1) is 11.3 Å². The van der Waals surface area contributed by atoms with Crippen molar-refractivity contribution < 1.29 is 0 Å². The Hall–Kier alpha value is -1.53. The predicted molar refractivity (Wildman–Crippen MR) is 60.7 cm³/mol. The maximum Gasteiger partial charge on any atom is 0.101 e. The molecule has 1 saturated heterocycles. The van der Waals surface area contributed by atoms with E-state index in [0.717, 1.165) is 25.2 Å². The molecule has 1 aromatic rings. The first kappa shape index (κ1) is 10.0. The average Bonchev–Trinajstić information content (AvgIpc) is 2.66. The van der Waals surface area contributed by atoms with Gasteiger partial charge in [0.25, 0.3) is 0 Å². The molecule has 0 bridgehead atoms. The highest BCUT2D eigenvalue weighted by atomic mass is 15.1. The number of nitriles is 1. The molecule has 2 rings (SSSR count). The Morgan fingerprint density at radius 3 is 2.93 bits per heavy atom. The lowest BCUT2D eigenvalue weighted by Crippen LogP contribution is -2.37. The lowest BCUT2D eigenvalue weighted by molar-refractivity contribution is 0.567. The molecule has 0 amide bonds. The van der Waals surface area contributed by atoms with E-state index in [1.54, 1.807) is 0 Å². The van der Waals surface area contributed by atoms with Gasteiger partial charge in [-0.25, -0.2) is 0 Å². The largest absolute Gasteiger partial charge is 0.377 e. The van der Waals surface area contributed by atoms with Crippen molar-refractivity contribution in [3.8, 4) is 6.07 Å². The molecule has 3 heteroatoms. The molecule has 1 atom stereocenters. The normalized spacial score (nSPS) is 24.8. The summed E-state index contributed by atoms with van der Waals surface area (Å²) >= 11 is 0. The zero-order valence-electron chi connectivity index (χ0n) is 8.88. The number of anilines is 1. The van der Waals surface area contributed by atoms with E-state index in [1.807, 2.05) is 24.3 Å². The van der Waals surface area contributed by atoms with Crippen LogP contribution in [0.2, 0.25) is 0 Å². The van der Waals surface area contributed by atoms with E-state index in [2.05, 4.69) is 23.6 Å². The monoisotopic (exact) mass is 201 g/mol.